The lowest BCUT2D eigenvalue weighted by molar-refractivity contribution is 0.0950. The number of amides is 2. The molecule has 3 aromatic rings. The molecule has 0 spiro atoms. The molecular weight excluding hydrogens is 338 g/mol. The van der Waals surface area contributed by atoms with Gasteiger partial charge in [-0.3, -0.25) is 9.59 Å². The van der Waals surface area contributed by atoms with Crippen molar-refractivity contribution in [3.63, 3.8) is 0 Å². The molecule has 25 heavy (non-hydrogen) atoms. The Morgan fingerprint density at radius 2 is 1.60 bits per heavy atom. The van der Waals surface area contributed by atoms with Crippen LogP contribution in [0.2, 0.25) is 0 Å². The summed E-state index contributed by atoms with van der Waals surface area (Å²) in [6.45, 7) is 0.264. The minimum Gasteiger partial charge on any atom is -0.374 e. The lowest BCUT2D eigenvalue weighted by Gasteiger charge is -2.07. The SMILES string of the molecule is Nc1nnc(CNC(=O)c2ccc(NC(=O)c3ccccc3)cc2)s1. The Bertz CT molecular complexity index is 878. The van der Waals surface area contributed by atoms with E-state index in [0.29, 0.717) is 27.0 Å². The molecule has 2 amide bonds. The third-order valence-electron chi connectivity index (χ3n) is 3.32. The highest BCUT2D eigenvalue weighted by Gasteiger charge is 2.09. The van der Waals surface area contributed by atoms with Crippen LogP contribution in [-0.2, 0) is 6.54 Å². The standard InChI is InChI=1S/C17H15N5O2S/c18-17-22-21-14(25-17)10-19-15(23)12-6-8-13(9-7-12)20-16(24)11-4-2-1-3-5-11/h1-9H,10H2,(H2,18,22)(H,19,23)(H,20,24). The quantitative estimate of drug-likeness (QED) is 0.652. The van der Waals surface area contributed by atoms with E-state index in [2.05, 4.69) is 20.8 Å². The van der Waals surface area contributed by atoms with Crippen LogP contribution in [0.25, 0.3) is 0 Å². The topological polar surface area (TPSA) is 110 Å². The number of anilines is 2. The summed E-state index contributed by atoms with van der Waals surface area (Å²) in [6, 6.07) is 15.6. The van der Waals surface area contributed by atoms with E-state index in [-0.39, 0.29) is 18.4 Å². The molecule has 0 radical (unpaired) electrons. The summed E-state index contributed by atoms with van der Waals surface area (Å²) < 4.78 is 0. The van der Waals surface area contributed by atoms with E-state index in [1.807, 2.05) is 6.07 Å². The fraction of sp³-hybridized carbons (Fsp3) is 0.0588. The number of hydrogen-bond acceptors (Lipinski definition) is 6. The van der Waals surface area contributed by atoms with Gasteiger partial charge in [0, 0.05) is 16.8 Å². The van der Waals surface area contributed by atoms with Crippen LogP contribution in [0.15, 0.2) is 54.6 Å². The van der Waals surface area contributed by atoms with Gasteiger partial charge in [0.25, 0.3) is 11.8 Å². The van der Waals surface area contributed by atoms with Crippen LogP contribution in [0.4, 0.5) is 10.8 Å². The maximum absolute atomic E-state index is 12.1. The minimum absolute atomic E-state index is 0.202. The molecule has 3 rings (SSSR count). The molecule has 0 aliphatic heterocycles. The molecule has 8 heteroatoms. The molecule has 1 aromatic heterocycles. The number of nitrogens with one attached hydrogen (secondary N) is 2. The van der Waals surface area contributed by atoms with Crippen molar-refractivity contribution in [1.82, 2.24) is 15.5 Å². The summed E-state index contributed by atoms with van der Waals surface area (Å²) in [4.78, 5) is 24.2. The fourth-order valence-corrected chi connectivity index (χ4v) is 2.64. The van der Waals surface area contributed by atoms with Crippen molar-refractivity contribution in [2.24, 2.45) is 0 Å². The van der Waals surface area contributed by atoms with E-state index in [0.717, 1.165) is 0 Å². The molecule has 1 heterocycles. The number of benzene rings is 2. The normalized spacial score (nSPS) is 10.2. The summed E-state index contributed by atoms with van der Waals surface area (Å²) in [5.74, 6) is -0.443. The molecule has 126 valence electrons. The van der Waals surface area contributed by atoms with Crippen LogP contribution in [0.1, 0.15) is 25.7 Å². The maximum Gasteiger partial charge on any atom is 0.255 e. The van der Waals surface area contributed by atoms with Gasteiger partial charge < -0.3 is 16.4 Å². The molecule has 0 saturated carbocycles. The van der Waals surface area contributed by atoms with Gasteiger partial charge in [0.2, 0.25) is 5.13 Å². The number of nitrogens with two attached hydrogens (primary N) is 1. The third-order valence-corrected chi connectivity index (χ3v) is 4.08. The van der Waals surface area contributed by atoms with Crippen LogP contribution in [0.3, 0.4) is 0 Å². The van der Waals surface area contributed by atoms with E-state index >= 15 is 0 Å². The highest BCUT2D eigenvalue weighted by molar-refractivity contribution is 7.15. The largest absolute Gasteiger partial charge is 0.374 e. The zero-order valence-corrected chi connectivity index (χ0v) is 13.9. The zero-order valence-electron chi connectivity index (χ0n) is 13.1. The molecule has 0 unspecified atom stereocenters. The average Bonchev–Trinajstić information content (AvgIpc) is 3.06. The predicted molar refractivity (Wildman–Crippen MR) is 96.3 cm³/mol. The summed E-state index contributed by atoms with van der Waals surface area (Å²) in [5.41, 5.74) is 7.16. The number of nitrogens with zero attached hydrogens (tertiary/aromatic N) is 2. The zero-order chi connectivity index (χ0) is 17.6. The van der Waals surface area contributed by atoms with E-state index in [1.54, 1.807) is 48.5 Å². The van der Waals surface area contributed by atoms with E-state index in [1.165, 1.54) is 11.3 Å². The predicted octanol–water partition coefficient (Wildman–Crippen LogP) is 2.30. The number of carbonyl (C=O) groups is 2. The van der Waals surface area contributed by atoms with Gasteiger partial charge in [-0.05, 0) is 36.4 Å². The first-order valence-corrected chi connectivity index (χ1v) is 8.26. The van der Waals surface area contributed by atoms with Crippen LogP contribution in [-0.4, -0.2) is 22.0 Å². The van der Waals surface area contributed by atoms with Crippen LogP contribution < -0.4 is 16.4 Å². The minimum atomic E-state index is -0.241. The van der Waals surface area contributed by atoms with Gasteiger partial charge in [0.15, 0.2) is 0 Å². The van der Waals surface area contributed by atoms with Gasteiger partial charge in [0.05, 0.1) is 6.54 Å². The molecule has 0 aliphatic rings. The average molecular weight is 353 g/mol. The van der Waals surface area contributed by atoms with Gasteiger partial charge in [-0.2, -0.15) is 0 Å². The molecule has 7 nitrogen and oxygen atoms in total. The van der Waals surface area contributed by atoms with Crippen molar-refractivity contribution >= 4 is 34.0 Å². The molecule has 2 aromatic carbocycles. The summed E-state index contributed by atoms with van der Waals surface area (Å²) in [7, 11) is 0. The second-order valence-electron chi connectivity index (χ2n) is 5.11. The van der Waals surface area contributed by atoms with Crippen molar-refractivity contribution < 1.29 is 9.59 Å². The number of aromatic nitrogens is 2. The maximum atomic E-state index is 12.1. The van der Waals surface area contributed by atoms with E-state index in [4.69, 9.17) is 5.73 Å². The summed E-state index contributed by atoms with van der Waals surface area (Å²) in [5, 5.41) is 14.0. The molecule has 0 fully saturated rings. The molecule has 4 N–H and O–H groups in total. The Balaban J connectivity index is 1.58. The Kier molecular flexibility index (Phi) is 5.00. The van der Waals surface area contributed by atoms with Crippen molar-refractivity contribution in [3.8, 4) is 0 Å². The molecular formula is C17H15N5O2S. The highest BCUT2D eigenvalue weighted by atomic mass is 32.1. The number of hydrogen-bond donors (Lipinski definition) is 3. The lowest BCUT2D eigenvalue weighted by atomic mass is 10.1. The molecule has 0 atom stereocenters. The third kappa shape index (κ3) is 4.39. The smallest absolute Gasteiger partial charge is 0.255 e. The first kappa shape index (κ1) is 16.6. The van der Waals surface area contributed by atoms with Crippen LogP contribution >= 0.6 is 11.3 Å². The molecule has 0 aliphatic carbocycles. The fourth-order valence-electron chi connectivity index (χ4n) is 2.09. The van der Waals surface area contributed by atoms with E-state index < -0.39 is 0 Å². The molecule has 0 bridgehead atoms. The van der Waals surface area contributed by atoms with Gasteiger partial charge in [-0.15, -0.1) is 10.2 Å². The Hall–Kier alpha value is -3.26. The Labute approximate surface area is 147 Å². The van der Waals surface area contributed by atoms with E-state index in [9.17, 15) is 9.59 Å². The van der Waals surface area contributed by atoms with Gasteiger partial charge in [0.1, 0.15) is 5.01 Å². The Morgan fingerprint density at radius 3 is 2.24 bits per heavy atom. The first-order valence-electron chi connectivity index (χ1n) is 7.44. The number of rotatable bonds is 5. The van der Waals surface area contributed by atoms with Crippen molar-refractivity contribution in [3.05, 3.63) is 70.7 Å². The van der Waals surface area contributed by atoms with Crippen molar-refractivity contribution in [1.29, 1.82) is 0 Å². The highest BCUT2D eigenvalue weighted by Crippen LogP contribution is 2.13. The van der Waals surface area contributed by atoms with Crippen molar-refractivity contribution in [2.75, 3.05) is 11.1 Å². The number of nitrogen functional groups attached to an aromatic ring is 1. The van der Waals surface area contributed by atoms with Gasteiger partial charge in [-0.1, -0.05) is 29.5 Å². The van der Waals surface area contributed by atoms with Crippen LogP contribution in [0, 0.1) is 0 Å². The summed E-state index contributed by atoms with van der Waals surface area (Å²) in [6.07, 6.45) is 0. The van der Waals surface area contributed by atoms with Gasteiger partial charge >= 0.3 is 0 Å². The monoisotopic (exact) mass is 353 g/mol. The first-order chi connectivity index (χ1) is 12.1. The lowest BCUT2D eigenvalue weighted by Crippen LogP contribution is -2.22. The van der Waals surface area contributed by atoms with Gasteiger partial charge in [-0.25, -0.2) is 0 Å². The van der Waals surface area contributed by atoms with Crippen molar-refractivity contribution in [2.45, 2.75) is 6.54 Å². The van der Waals surface area contributed by atoms with Crippen LogP contribution in [0.5, 0.6) is 0 Å². The second-order valence-corrected chi connectivity index (χ2v) is 6.21. The summed E-state index contributed by atoms with van der Waals surface area (Å²) >= 11 is 1.23. The second kappa shape index (κ2) is 7.54. The number of carbonyl (C=O) groups excluding carboxylic acids is 2. The Morgan fingerprint density at radius 1 is 0.920 bits per heavy atom. The molecule has 0 saturated heterocycles.